The average molecular weight is 337 g/mol. The van der Waals surface area contributed by atoms with Crippen molar-refractivity contribution in [2.24, 2.45) is 15.6 Å². The van der Waals surface area contributed by atoms with Crippen LogP contribution in [0.3, 0.4) is 0 Å². The van der Waals surface area contributed by atoms with E-state index in [-0.39, 0.29) is 24.9 Å². The third-order valence-electron chi connectivity index (χ3n) is 3.87. The molecule has 1 atom stereocenters. The fourth-order valence-corrected chi connectivity index (χ4v) is 5.32. The Morgan fingerprint density at radius 2 is 1.62 bits per heavy atom. The molecule has 1 saturated heterocycles. The molecule has 0 unspecified atom stereocenters. The minimum Gasteiger partial charge on any atom is -0.340 e. The topological polar surface area (TPSA) is 87.1 Å². The van der Waals surface area contributed by atoms with Crippen LogP contribution < -0.4 is 0 Å². The van der Waals surface area contributed by atoms with Crippen LogP contribution in [-0.2, 0) is 24.7 Å². The summed E-state index contributed by atoms with van der Waals surface area (Å²) in [4.78, 5) is 14.0. The van der Waals surface area contributed by atoms with E-state index < -0.39 is 19.9 Å². The van der Waals surface area contributed by atoms with Crippen LogP contribution in [0.25, 0.3) is 0 Å². The van der Waals surface area contributed by atoms with Gasteiger partial charge in [-0.05, 0) is 18.8 Å². The number of hydrogen-bond acceptors (Lipinski definition) is 4. The van der Waals surface area contributed by atoms with Crippen molar-refractivity contribution in [2.45, 2.75) is 19.8 Å². The Kier molecular flexibility index (Phi) is 4.65. The molecule has 0 spiro atoms. The van der Waals surface area contributed by atoms with Gasteiger partial charge in [0.2, 0.25) is 5.91 Å². The third kappa shape index (κ3) is 4.40. The molecule has 1 aliphatic heterocycles. The van der Waals surface area contributed by atoms with E-state index in [2.05, 4.69) is 3.77 Å². The maximum absolute atomic E-state index is 12.3. The molecular formula is C12H23N3O4S2. The summed E-state index contributed by atoms with van der Waals surface area (Å²) in [6.45, 7) is 3.12. The van der Waals surface area contributed by atoms with Gasteiger partial charge in [0.1, 0.15) is 0 Å². The fraction of sp³-hybridized carbons (Fsp3) is 0.917. The van der Waals surface area contributed by atoms with Gasteiger partial charge >= 0.3 is 10.2 Å². The van der Waals surface area contributed by atoms with Gasteiger partial charge in [-0.15, -0.1) is 0 Å². The van der Waals surface area contributed by atoms with Crippen LogP contribution >= 0.6 is 0 Å². The molecule has 1 heterocycles. The number of rotatable bonds is 4. The van der Waals surface area contributed by atoms with E-state index in [4.69, 9.17) is 0 Å². The predicted octanol–water partition coefficient (Wildman–Crippen LogP) is 0.149. The summed E-state index contributed by atoms with van der Waals surface area (Å²) in [5.74, 6) is 0.642. The smallest absolute Gasteiger partial charge is 0.330 e. The van der Waals surface area contributed by atoms with Gasteiger partial charge in [0.25, 0.3) is 0 Å². The SMILES string of the molecule is C[C@@H](C(=O)N1CCN(S(=O)(=O)N=S(C)(C)=O)CC1)C1CC1. The van der Waals surface area contributed by atoms with Crippen molar-refractivity contribution < 1.29 is 17.4 Å². The lowest BCUT2D eigenvalue weighted by Crippen LogP contribution is -2.51. The molecule has 1 saturated carbocycles. The van der Waals surface area contributed by atoms with Crippen molar-refractivity contribution >= 4 is 25.8 Å². The van der Waals surface area contributed by atoms with Crippen LogP contribution in [0.15, 0.2) is 3.77 Å². The lowest BCUT2D eigenvalue weighted by molar-refractivity contribution is -0.136. The predicted molar refractivity (Wildman–Crippen MR) is 81.4 cm³/mol. The maximum Gasteiger partial charge on any atom is 0.330 e. The summed E-state index contributed by atoms with van der Waals surface area (Å²) >= 11 is 0. The lowest BCUT2D eigenvalue weighted by Gasteiger charge is -2.34. The molecule has 7 nitrogen and oxygen atoms in total. The summed E-state index contributed by atoms with van der Waals surface area (Å²) in [6.07, 6.45) is 4.81. The standard InChI is InChI=1S/C12H23N3O4S2/c1-10(11-4-5-11)12(16)14-6-8-15(9-7-14)21(18,19)13-20(2,3)17/h10-11H,4-9H2,1-3H3/t10-/m1/s1. The second-order valence-electron chi connectivity index (χ2n) is 6.08. The second-order valence-corrected chi connectivity index (χ2v) is 10.5. The van der Waals surface area contributed by atoms with Crippen LogP contribution in [0, 0.1) is 11.8 Å². The first-order valence-electron chi connectivity index (χ1n) is 7.07. The number of amides is 1. The summed E-state index contributed by atoms with van der Waals surface area (Å²) in [6, 6.07) is 0. The Balaban J connectivity index is 1.97. The van der Waals surface area contributed by atoms with Gasteiger partial charge < -0.3 is 4.90 Å². The van der Waals surface area contributed by atoms with Crippen LogP contribution in [0.4, 0.5) is 0 Å². The minimum atomic E-state index is -3.87. The number of hydrogen-bond donors (Lipinski definition) is 0. The summed E-state index contributed by atoms with van der Waals surface area (Å²) in [7, 11) is -6.58. The van der Waals surface area contributed by atoms with Crippen molar-refractivity contribution in [3.8, 4) is 0 Å². The van der Waals surface area contributed by atoms with E-state index in [9.17, 15) is 17.4 Å². The van der Waals surface area contributed by atoms with Crippen molar-refractivity contribution in [1.82, 2.24) is 9.21 Å². The Hall–Kier alpha value is -0.670. The Bertz CT molecular complexity index is 617. The molecule has 2 fully saturated rings. The van der Waals surface area contributed by atoms with Crippen molar-refractivity contribution in [3.63, 3.8) is 0 Å². The Labute approximate surface area is 127 Å². The quantitative estimate of drug-likeness (QED) is 0.730. The summed E-state index contributed by atoms with van der Waals surface area (Å²) in [5.41, 5.74) is 0. The zero-order chi connectivity index (χ0) is 15.8. The molecule has 2 rings (SSSR count). The average Bonchev–Trinajstić information content (AvgIpc) is 3.18. The molecular weight excluding hydrogens is 314 g/mol. The molecule has 21 heavy (non-hydrogen) atoms. The summed E-state index contributed by atoms with van der Waals surface area (Å²) in [5, 5.41) is 0. The molecule has 0 radical (unpaired) electrons. The van der Waals surface area contributed by atoms with E-state index in [1.165, 1.54) is 16.8 Å². The lowest BCUT2D eigenvalue weighted by atomic mass is 10.0. The van der Waals surface area contributed by atoms with Crippen molar-refractivity contribution in [3.05, 3.63) is 0 Å². The molecule has 0 aromatic rings. The fourth-order valence-electron chi connectivity index (χ4n) is 2.50. The molecule has 1 amide bonds. The Morgan fingerprint density at radius 3 is 2.05 bits per heavy atom. The molecule has 2 aliphatic rings. The number of carbonyl (C=O) groups excluding carboxylic acids is 1. The van der Waals surface area contributed by atoms with Gasteiger partial charge in [0, 0.05) is 44.6 Å². The molecule has 0 aromatic carbocycles. The third-order valence-corrected chi connectivity index (χ3v) is 7.08. The van der Waals surface area contributed by atoms with E-state index in [1.807, 2.05) is 6.92 Å². The first kappa shape index (κ1) is 16.7. The highest BCUT2D eigenvalue weighted by Crippen LogP contribution is 2.37. The van der Waals surface area contributed by atoms with Crippen LogP contribution in [0.5, 0.6) is 0 Å². The maximum atomic E-state index is 12.3. The monoisotopic (exact) mass is 337 g/mol. The highest BCUT2D eigenvalue weighted by atomic mass is 32.3. The van der Waals surface area contributed by atoms with Crippen molar-refractivity contribution in [1.29, 1.82) is 0 Å². The van der Waals surface area contributed by atoms with Crippen LogP contribution in [0.1, 0.15) is 19.8 Å². The second kappa shape index (κ2) is 5.85. The first-order chi connectivity index (χ1) is 9.60. The number of carbonyl (C=O) groups is 1. The summed E-state index contributed by atoms with van der Waals surface area (Å²) < 4.78 is 40.2. The van der Waals surface area contributed by atoms with E-state index >= 15 is 0 Å². The number of piperazine rings is 1. The highest BCUT2D eigenvalue weighted by Gasteiger charge is 2.37. The van der Waals surface area contributed by atoms with E-state index in [0.29, 0.717) is 19.0 Å². The largest absolute Gasteiger partial charge is 0.340 e. The normalized spacial score (nSPS) is 22.9. The van der Waals surface area contributed by atoms with E-state index in [0.717, 1.165) is 12.8 Å². The van der Waals surface area contributed by atoms with Gasteiger partial charge in [-0.1, -0.05) is 10.7 Å². The molecule has 0 bridgehead atoms. The molecule has 1 aliphatic carbocycles. The molecule has 122 valence electrons. The first-order valence-corrected chi connectivity index (χ1v) is 10.8. The van der Waals surface area contributed by atoms with Gasteiger partial charge in [-0.25, -0.2) is 4.21 Å². The molecule has 9 heteroatoms. The molecule has 0 aromatic heterocycles. The van der Waals surface area contributed by atoms with E-state index in [1.54, 1.807) is 4.90 Å². The molecule has 0 N–H and O–H groups in total. The van der Waals surface area contributed by atoms with Crippen LogP contribution in [0.2, 0.25) is 0 Å². The van der Waals surface area contributed by atoms with Gasteiger partial charge in [-0.3, -0.25) is 4.79 Å². The Morgan fingerprint density at radius 1 is 1.10 bits per heavy atom. The van der Waals surface area contributed by atoms with Gasteiger partial charge in [-0.2, -0.15) is 12.7 Å². The number of nitrogens with zero attached hydrogens (tertiary/aromatic N) is 3. The minimum absolute atomic E-state index is 0.0304. The zero-order valence-electron chi connectivity index (χ0n) is 12.7. The van der Waals surface area contributed by atoms with Crippen molar-refractivity contribution in [2.75, 3.05) is 38.7 Å². The van der Waals surface area contributed by atoms with Crippen LogP contribution in [-0.4, -0.2) is 66.4 Å². The zero-order valence-corrected chi connectivity index (χ0v) is 14.3. The van der Waals surface area contributed by atoms with Gasteiger partial charge in [0.15, 0.2) is 0 Å². The highest BCUT2D eigenvalue weighted by molar-refractivity contribution is 8.01. The van der Waals surface area contributed by atoms with Gasteiger partial charge in [0.05, 0.1) is 9.73 Å².